The van der Waals surface area contributed by atoms with Crippen LogP contribution in [0.1, 0.15) is 25.3 Å². The number of likely N-dealkylation sites (tertiary alicyclic amines) is 1. The predicted molar refractivity (Wildman–Crippen MR) is 95.8 cm³/mol. The normalized spacial score (nSPS) is 17.2. The zero-order chi connectivity index (χ0) is 17.1. The number of amides is 2. The van der Waals surface area contributed by atoms with Crippen molar-refractivity contribution in [2.75, 3.05) is 13.1 Å². The lowest BCUT2D eigenvalue weighted by atomic mass is 10.0. The molecule has 1 heterocycles. The zero-order valence-corrected chi connectivity index (χ0v) is 14.5. The minimum absolute atomic E-state index is 0.313. The highest BCUT2D eigenvalue weighted by Crippen LogP contribution is 2.23. The van der Waals surface area contributed by atoms with Crippen molar-refractivity contribution in [2.45, 2.75) is 26.3 Å². The molecule has 1 aliphatic heterocycles. The SMILES string of the molecule is CCC1CCN(C(=O)C(=O)NCc2cccc3ccc(Cl)cc23)C1. The number of benzene rings is 2. The molecule has 0 saturated carbocycles. The van der Waals surface area contributed by atoms with Gasteiger partial charge < -0.3 is 10.2 Å². The maximum Gasteiger partial charge on any atom is 0.311 e. The average molecular weight is 345 g/mol. The number of nitrogens with zero attached hydrogens (tertiary/aromatic N) is 1. The van der Waals surface area contributed by atoms with E-state index >= 15 is 0 Å². The van der Waals surface area contributed by atoms with Crippen LogP contribution in [0.4, 0.5) is 0 Å². The number of hydrogen-bond acceptors (Lipinski definition) is 2. The smallest absolute Gasteiger partial charge is 0.311 e. The van der Waals surface area contributed by atoms with Crippen molar-refractivity contribution in [1.82, 2.24) is 10.2 Å². The van der Waals surface area contributed by atoms with Crippen LogP contribution in [0.25, 0.3) is 10.8 Å². The first-order valence-corrected chi connectivity index (χ1v) is 8.70. The molecular formula is C19H21ClN2O2. The van der Waals surface area contributed by atoms with E-state index < -0.39 is 11.8 Å². The average Bonchev–Trinajstić information content (AvgIpc) is 3.08. The Bertz CT molecular complexity index is 775. The molecular weight excluding hydrogens is 324 g/mol. The molecule has 3 rings (SSSR count). The molecule has 1 aliphatic rings. The first kappa shape index (κ1) is 16.8. The van der Waals surface area contributed by atoms with Crippen LogP contribution in [-0.4, -0.2) is 29.8 Å². The lowest BCUT2D eigenvalue weighted by Crippen LogP contribution is -2.41. The van der Waals surface area contributed by atoms with Crippen molar-refractivity contribution in [1.29, 1.82) is 0 Å². The summed E-state index contributed by atoms with van der Waals surface area (Å²) < 4.78 is 0. The van der Waals surface area contributed by atoms with Gasteiger partial charge in [0.1, 0.15) is 0 Å². The summed E-state index contributed by atoms with van der Waals surface area (Å²) >= 11 is 6.07. The van der Waals surface area contributed by atoms with Gasteiger partial charge >= 0.3 is 11.8 Å². The van der Waals surface area contributed by atoms with Crippen molar-refractivity contribution >= 4 is 34.2 Å². The summed E-state index contributed by atoms with van der Waals surface area (Å²) in [5, 5.41) is 5.45. The molecule has 1 atom stereocenters. The topological polar surface area (TPSA) is 49.4 Å². The summed E-state index contributed by atoms with van der Waals surface area (Å²) in [5.41, 5.74) is 0.948. The molecule has 126 valence electrons. The van der Waals surface area contributed by atoms with Gasteiger partial charge in [-0.25, -0.2) is 0 Å². The second kappa shape index (κ2) is 7.22. The summed E-state index contributed by atoms with van der Waals surface area (Å²) in [5.74, 6) is -0.447. The molecule has 0 aromatic heterocycles. The van der Waals surface area contributed by atoms with E-state index in [1.54, 1.807) is 4.90 Å². The molecule has 0 radical (unpaired) electrons. The third kappa shape index (κ3) is 3.54. The fraction of sp³-hybridized carbons (Fsp3) is 0.368. The summed E-state index contributed by atoms with van der Waals surface area (Å²) in [7, 11) is 0. The molecule has 2 amide bonds. The van der Waals surface area contributed by atoms with Crippen LogP contribution in [0, 0.1) is 5.92 Å². The first-order chi connectivity index (χ1) is 11.6. The minimum atomic E-state index is -0.536. The quantitative estimate of drug-likeness (QED) is 0.868. The van der Waals surface area contributed by atoms with Gasteiger partial charge in [-0.1, -0.05) is 49.2 Å². The molecule has 0 spiro atoms. The number of nitrogens with one attached hydrogen (secondary N) is 1. The van der Waals surface area contributed by atoms with Gasteiger partial charge in [-0.15, -0.1) is 0 Å². The van der Waals surface area contributed by atoms with Crippen LogP contribution in [0.2, 0.25) is 5.02 Å². The molecule has 1 unspecified atom stereocenters. The lowest BCUT2D eigenvalue weighted by molar-refractivity contribution is -0.145. The van der Waals surface area contributed by atoms with E-state index in [2.05, 4.69) is 12.2 Å². The van der Waals surface area contributed by atoms with Crippen LogP contribution in [-0.2, 0) is 16.1 Å². The Hall–Kier alpha value is -2.07. The summed E-state index contributed by atoms with van der Waals surface area (Å²) in [6, 6.07) is 11.5. The number of halogens is 1. The van der Waals surface area contributed by atoms with Crippen LogP contribution in [0.5, 0.6) is 0 Å². The molecule has 24 heavy (non-hydrogen) atoms. The number of carbonyl (C=O) groups is 2. The van der Waals surface area contributed by atoms with Crippen molar-refractivity contribution < 1.29 is 9.59 Å². The Morgan fingerprint density at radius 2 is 2.12 bits per heavy atom. The summed E-state index contributed by atoms with van der Waals surface area (Å²) in [6.45, 7) is 3.79. The molecule has 1 fully saturated rings. The van der Waals surface area contributed by atoms with Gasteiger partial charge in [-0.05, 0) is 40.8 Å². The molecule has 4 nitrogen and oxygen atoms in total. The second-order valence-corrected chi connectivity index (χ2v) is 6.72. The number of rotatable bonds is 3. The first-order valence-electron chi connectivity index (χ1n) is 8.32. The van der Waals surface area contributed by atoms with Crippen LogP contribution >= 0.6 is 11.6 Å². The lowest BCUT2D eigenvalue weighted by Gasteiger charge is -2.16. The van der Waals surface area contributed by atoms with Crippen molar-refractivity contribution in [3.8, 4) is 0 Å². The standard InChI is InChI=1S/C19H21ClN2O2/c1-2-13-8-9-22(12-13)19(24)18(23)21-11-15-5-3-4-14-6-7-16(20)10-17(14)15/h3-7,10,13H,2,8-9,11-12H2,1H3,(H,21,23). The molecule has 0 aliphatic carbocycles. The molecule has 1 N–H and O–H groups in total. The second-order valence-electron chi connectivity index (χ2n) is 6.28. The van der Waals surface area contributed by atoms with Gasteiger partial charge in [-0.3, -0.25) is 9.59 Å². The maximum atomic E-state index is 12.2. The third-order valence-electron chi connectivity index (χ3n) is 4.72. The molecule has 5 heteroatoms. The fourth-order valence-corrected chi connectivity index (χ4v) is 3.38. The van der Waals surface area contributed by atoms with Crippen molar-refractivity contribution in [2.24, 2.45) is 5.92 Å². The Balaban J connectivity index is 1.66. The van der Waals surface area contributed by atoms with E-state index in [4.69, 9.17) is 11.6 Å². The van der Waals surface area contributed by atoms with Gasteiger partial charge in [0.2, 0.25) is 0 Å². The monoisotopic (exact) mass is 344 g/mol. The molecule has 0 bridgehead atoms. The third-order valence-corrected chi connectivity index (χ3v) is 4.95. The number of fused-ring (bicyclic) bond motifs is 1. The van der Waals surface area contributed by atoms with Gasteiger partial charge in [-0.2, -0.15) is 0 Å². The van der Waals surface area contributed by atoms with Crippen LogP contribution in [0.15, 0.2) is 36.4 Å². The van der Waals surface area contributed by atoms with Gasteiger partial charge in [0.15, 0.2) is 0 Å². The Labute approximate surface area is 146 Å². The van der Waals surface area contributed by atoms with E-state index in [0.717, 1.165) is 29.2 Å². The Morgan fingerprint density at radius 1 is 1.29 bits per heavy atom. The maximum absolute atomic E-state index is 12.2. The van der Waals surface area contributed by atoms with Crippen molar-refractivity contribution in [3.63, 3.8) is 0 Å². The van der Waals surface area contributed by atoms with Gasteiger partial charge in [0.05, 0.1) is 0 Å². The highest BCUT2D eigenvalue weighted by molar-refractivity contribution is 6.35. The van der Waals surface area contributed by atoms with Crippen LogP contribution in [0.3, 0.4) is 0 Å². The molecule has 2 aromatic carbocycles. The molecule has 1 saturated heterocycles. The number of hydrogen-bond donors (Lipinski definition) is 1. The van der Waals surface area contributed by atoms with E-state index in [1.165, 1.54) is 0 Å². The van der Waals surface area contributed by atoms with Crippen molar-refractivity contribution in [3.05, 3.63) is 47.0 Å². The zero-order valence-electron chi connectivity index (χ0n) is 13.7. The van der Waals surface area contributed by atoms with E-state index in [-0.39, 0.29) is 0 Å². The van der Waals surface area contributed by atoms with Gasteiger partial charge in [0.25, 0.3) is 0 Å². The summed E-state index contributed by atoms with van der Waals surface area (Å²) in [4.78, 5) is 26.1. The summed E-state index contributed by atoms with van der Waals surface area (Å²) in [6.07, 6.45) is 2.03. The number of carbonyl (C=O) groups excluding carboxylic acids is 2. The Morgan fingerprint density at radius 3 is 2.88 bits per heavy atom. The van der Waals surface area contributed by atoms with Gasteiger partial charge in [0, 0.05) is 24.7 Å². The van der Waals surface area contributed by atoms with E-state index in [9.17, 15) is 9.59 Å². The van der Waals surface area contributed by atoms with E-state index in [0.29, 0.717) is 30.6 Å². The predicted octanol–water partition coefficient (Wildman–Crippen LogP) is 3.37. The largest absolute Gasteiger partial charge is 0.344 e. The Kier molecular flexibility index (Phi) is 5.05. The van der Waals surface area contributed by atoms with E-state index in [1.807, 2.05) is 36.4 Å². The highest BCUT2D eigenvalue weighted by Gasteiger charge is 2.28. The molecule has 2 aromatic rings. The highest BCUT2D eigenvalue weighted by atomic mass is 35.5. The fourth-order valence-electron chi connectivity index (χ4n) is 3.21. The van der Waals surface area contributed by atoms with Crippen LogP contribution < -0.4 is 5.32 Å². The minimum Gasteiger partial charge on any atom is -0.344 e.